The predicted octanol–water partition coefficient (Wildman–Crippen LogP) is 6.60. The van der Waals surface area contributed by atoms with Crippen LogP contribution in [-0.2, 0) is 6.61 Å². The number of halogens is 3. The van der Waals surface area contributed by atoms with E-state index in [1.165, 1.54) is 12.1 Å². The summed E-state index contributed by atoms with van der Waals surface area (Å²) >= 11 is 12.9. The Bertz CT molecular complexity index is 1240. The summed E-state index contributed by atoms with van der Waals surface area (Å²) in [6.07, 6.45) is 1.77. The molecule has 0 radical (unpaired) electrons. The van der Waals surface area contributed by atoms with Gasteiger partial charge in [0.25, 0.3) is 0 Å². The predicted molar refractivity (Wildman–Crippen MR) is 119 cm³/mol. The van der Waals surface area contributed by atoms with Gasteiger partial charge in [0.2, 0.25) is 6.54 Å². The van der Waals surface area contributed by atoms with Crippen molar-refractivity contribution in [1.82, 2.24) is 4.98 Å². The van der Waals surface area contributed by atoms with Crippen molar-refractivity contribution in [2.45, 2.75) is 12.5 Å². The van der Waals surface area contributed by atoms with Crippen molar-refractivity contribution in [2.75, 3.05) is 6.54 Å². The first-order valence-corrected chi connectivity index (χ1v) is 10.2. The number of H-pyrrole nitrogens is 1. The highest BCUT2D eigenvalue weighted by molar-refractivity contribution is 6.37. The standard InChI is InChI=1S/C23H17Cl2FN2O3/c24-20-9-15(10-21(25)23(20)31-13-14-4-3-5-16(26)8-14)19(12-28(29)30)18-11-27-22-7-2-1-6-17(18)22/h1-11,19,27H,12-13H2/t19-/m1/s1. The van der Waals surface area contributed by atoms with Crippen molar-refractivity contribution >= 4 is 34.1 Å². The normalized spacial score (nSPS) is 12.1. The fourth-order valence-corrected chi connectivity index (χ4v) is 4.23. The first kappa shape index (κ1) is 21.2. The molecule has 0 amide bonds. The van der Waals surface area contributed by atoms with Crippen LogP contribution in [0.5, 0.6) is 5.75 Å². The number of fused-ring (bicyclic) bond motifs is 1. The number of rotatable bonds is 7. The SMILES string of the molecule is O=[N+]([O-])C[C@H](c1cc(Cl)c(OCc2cccc(F)c2)c(Cl)c1)c1c[nH]c2ccccc12. The van der Waals surface area contributed by atoms with Crippen molar-refractivity contribution in [3.8, 4) is 5.75 Å². The van der Waals surface area contributed by atoms with E-state index >= 15 is 0 Å². The second-order valence-corrected chi connectivity index (χ2v) is 7.90. The lowest BCUT2D eigenvalue weighted by Gasteiger charge is -2.17. The highest BCUT2D eigenvalue weighted by atomic mass is 35.5. The number of hydrogen-bond acceptors (Lipinski definition) is 3. The molecule has 0 aliphatic rings. The average Bonchev–Trinajstić information content (AvgIpc) is 3.15. The molecule has 1 heterocycles. The van der Waals surface area contributed by atoms with Gasteiger partial charge in [0.15, 0.2) is 5.75 Å². The molecule has 31 heavy (non-hydrogen) atoms. The Morgan fingerprint density at radius 2 is 1.81 bits per heavy atom. The third-order valence-electron chi connectivity index (χ3n) is 5.02. The minimum Gasteiger partial charge on any atom is -0.486 e. The number of benzene rings is 3. The van der Waals surface area contributed by atoms with Crippen molar-refractivity contribution in [3.63, 3.8) is 0 Å². The van der Waals surface area contributed by atoms with E-state index in [0.29, 0.717) is 11.1 Å². The van der Waals surface area contributed by atoms with Crippen LogP contribution in [0.4, 0.5) is 4.39 Å². The lowest BCUT2D eigenvalue weighted by Crippen LogP contribution is -2.14. The van der Waals surface area contributed by atoms with Gasteiger partial charge in [-0.05, 0) is 47.0 Å². The minimum absolute atomic E-state index is 0.0807. The molecule has 8 heteroatoms. The second kappa shape index (κ2) is 8.96. The van der Waals surface area contributed by atoms with Crippen molar-refractivity contribution in [3.05, 3.63) is 110 Å². The van der Waals surface area contributed by atoms with E-state index in [-0.39, 0.29) is 39.7 Å². The van der Waals surface area contributed by atoms with Gasteiger partial charge in [0.1, 0.15) is 12.4 Å². The molecule has 1 atom stereocenters. The third-order valence-corrected chi connectivity index (χ3v) is 5.58. The second-order valence-electron chi connectivity index (χ2n) is 7.09. The number of hydrogen-bond donors (Lipinski definition) is 1. The van der Waals surface area contributed by atoms with Crippen molar-refractivity contribution in [1.29, 1.82) is 0 Å². The number of ether oxygens (including phenoxy) is 1. The fraction of sp³-hybridized carbons (Fsp3) is 0.130. The lowest BCUT2D eigenvalue weighted by molar-refractivity contribution is -0.481. The molecule has 0 unspecified atom stereocenters. The summed E-state index contributed by atoms with van der Waals surface area (Å²) < 4.78 is 19.1. The van der Waals surface area contributed by atoms with Gasteiger partial charge < -0.3 is 9.72 Å². The molecule has 0 saturated carbocycles. The Labute approximate surface area is 187 Å². The largest absolute Gasteiger partial charge is 0.486 e. The van der Waals surface area contributed by atoms with Crippen LogP contribution in [0.25, 0.3) is 10.9 Å². The van der Waals surface area contributed by atoms with Gasteiger partial charge >= 0.3 is 0 Å². The molecule has 0 bridgehead atoms. The number of nitrogens with zero attached hydrogens (tertiary/aromatic N) is 1. The summed E-state index contributed by atoms with van der Waals surface area (Å²) in [7, 11) is 0. The molecule has 0 fully saturated rings. The fourth-order valence-electron chi connectivity index (χ4n) is 3.62. The average molecular weight is 459 g/mol. The van der Waals surface area contributed by atoms with Crippen molar-refractivity contribution < 1.29 is 14.1 Å². The topological polar surface area (TPSA) is 68.2 Å². The van der Waals surface area contributed by atoms with Gasteiger partial charge in [-0.25, -0.2) is 4.39 Å². The van der Waals surface area contributed by atoms with E-state index in [4.69, 9.17) is 27.9 Å². The summed E-state index contributed by atoms with van der Waals surface area (Å²) in [5.74, 6) is -0.677. The highest BCUT2D eigenvalue weighted by Gasteiger charge is 2.25. The van der Waals surface area contributed by atoms with Crippen LogP contribution in [0.15, 0.2) is 66.9 Å². The van der Waals surface area contributed by atoms with Crippen molar-refractivity contribution in [2.24, 2.45) is 0 Å². The van der Waals surface area contributed by atoms with Crippen LogP contribution in [0.2, 0.25) is 10.0 Å². The first-order chi connectivity index (χ1) is 14.9. The molecule has 0 spiro atoms. The molecule has 4 rings (SSSR count). The summed E-state index contributed by atoms with van der Waals surface area (Å²) in [6.45, 7) is -0.241. The minimum atomic E-state index is -0.557. The number of aromatic amines is 1. The third kappa shape index (κ3) is 4.65. The maximum Gasteiger partial charge on any atom is 0.214 e. The van der Waals surface area contributed by atoms with Crippen LogP contribution < -0.4 is 4.74 Å². The smallest absolute Gasteiger partial charge is 0.214 e. The molecule has 0 aliphatic carbocycles. The molecule has 1 N–H and O–H groups in total. The Morgan fingerprint density at radius 3 is 2.52 bits per heavy atom. The Kier molecular flexibility index (Phi) is 6.11. The maximum atomic E-state index is 13.4. The number of aromatic nitrogens is 1. The molecular weight excluding hydrogens is 442 g/mol. The molecule has 0 saturated heterocycles. The van der Waals surface area contributed by atoms with Crippen LogP contribution in [0.1, 0.15) is 22.6 Å². The van der Waals surface area contributed by atoms with E-state index in [9.17, 15) is 14.5 Å². The van der Waals surface area contributed by atoms with Gasteiger partial charge in [0, 0.05) is 22.0 Å². The van der Waals surface area contributed by atoms with Gasteiger partial charge in [-0.2, -0.15) is 0 Å². The van der Waals surface area contributed by atoms with Crippen LogP contribution >= 0.6 is 23.2 Å². The molecular formula is C23H17Cl2FN2O3. The van der Waals surface area contributed by atoms with E-state index in [1.807, 2.05) is 24.3 Å². The molecule has 4 aromatic rings. The molecule has 1 aromatic heterocycles. The van der Waals surface area contributed by atoms with Crippen LogP contribution in [0, 0.1) is 15.9 Å². The maximum absolute atomic E-state index is 13.4. The molecule has 5 nitrogen and oxygen atoms in total. The zero-order valence-corrected chi connectivity index (χ0v) is 17.7. The van der Waals surface area contributed by atoms with E-state index in [1.54, 1.807) is 30.5 Å². The quantitative estimate of drug-likeness (QED) is 0.250. The molecule has 3 aromatic carbocycles. The highest BCUT2D eigenvalue weighted by Crippen LogP contribution is 2.39. The van der Waals surface area contributed by atoms with E-state index < -0.39 is 5.92 Å². The van der Waals surface area contributed by atoms with Crippen LogP contribution in [-0.4, -0.2) is 16.5 Å². The number of para-hydroxylation sites is 1. The van der Waals surface area contributed by atoms with Gasteiger partial charge in [-0.15, -0.1) is 0 Å². The summed E-state index contributed by atoms with van der Waals surface area (Å²) in [5, 5.41) is 12.8. The Balaban J connectivity index is 1.67. The summed E-state index contributed by atoms with van der Waals surface area (Å²) in [4.78, 5) is 14.2. The van der Waals surface area contributed by atoms with E-state index in [2.05, 4.69) is 4.98 Å². The van der Waals surface area contributed by atoms with Gasteiger partial charge in [-0.3, -0.25) is 10.1 Å². The van der Waals surface area contributed by atoms with Gasteiger partial charge in [0.05, 0.1) is 16.0 Å². The Hall–Kier alpha value is -3.09. The monoisotopic (exact) mass is 458 g/mol. The van der Waals surface area contributed by atoms with Gasteiger partial charge in [-0.1, -0.05) is 53.5 Å². The first-order valence-electron chi connectivity index (χ1n) is 9.46. The summed E-state index contributed by atoms with van der Waals surface area (Å²) in [5.41, 5.74) is 2.90. The zero-order valence-electron chi connectivity index (χ0n) is 16.1. The summed E-state index contributed by atoms with van der Waals surface area (Å²) in [6, 6.07) is 16.9. The van der Waals surface area contributed by atoms with Crippen LogP contribution in [0.3, 0.4) is 0 Å². The number of nitrogens with one attached hydrogen (secondary N) is 1. The Morgan fingerprint density at radius 1 is 1.06 bits per heavy atom. The zero-order chi connectivity index (χ0) is 22.0. The molecule has 0 aliphatic heterocycles. The lowest BCUT2D eigenvalue weighted by atomic mass is 9.91. The number of nitro groups is 1. The molecule has 158 valence electrons. The van der Waals surface area contributed by atoms with E-state index in [0.717, 1.165) is 16.5 Å².